The highest BCUT2D eigenvalue weighted by molar-refractivity contribution is 7.91. The van der Waals surface area contributed by atoms with Crippen molar-refractivity contribution in [1.29, 1.82) is 0 Å². The van der Waals surface area contributed by atoms with Crippen molar-refractivity contribution in [2.45, 2.75) is 88.1 Å². The average Bonchev–Trinajstić information content (AvgIpc) is 3.39. The first-order valence-electron chi connectivity index (χ1n) is 14.5. The summed E-state index contributed by atoms with van der Waals surface area (Å²) in [6, 6.07) is 9.26. The van der Waals surface area contributed by atoms with E-state index in [0.717, 1.165) is 17.8 Å². The van der Waals surface area contributed by atoms with Gasteiger partial charge in [0.05, 0.1) is 21.3 Å². The van der Waals surface area contributed by atoms with Crippen LogP contribution in [-0.4, -0.2) is 50.8 Å². The molecule has 0 atom stereocenters. The third kappa shape index (κ3) is 6.94. The van der Waals surface area contributed by atoms with Crippen LogP contribution in [0.15, 0.2) is 41.3 Å². The van der Waals surface area contributed by atoms with Gasteiger partial charge in [-0.3, -0.25) is 4.79 Å². The van der Waals surface area contributed by atoms with Crippen molar-refractivity contribution < 1.29 is 30.4 Å². The van der Waals surface area contributed by atoms with Gasteiger partial charge in [-0.2, -0.15) is 8.78 Å². The fourth-order valence-electron chi connectivity index (χ4n) is 5.93. The van der Waals surface area contributed by atoms with Crippen LogP contribution in [0.4, 0.5) is 8.78 Å². The van der Waals surface area contributed by atoms with Gasteiger partial charge in [0.2, 0.25) is 10.0 Å². The summed E-state index contributed by atoms with van der Waals surface area (Å²) >= 11 is 0.852. The maximum atomic E-state index is 16.3. The second-order valence-corrected chi connectivity index (χ2v) is 17.5. The van der Waals surface area contributed by atoms with Crippen LogP contribution >= 0.6 is 11.3 Å². The number of hydrogen-bond donors (Lipinski definition) is 2. The molecule has 1 amide bonds. The lowest BCUT2D eigenvalue weighted by Crippen LogP contribution is -2.40. The van der Waals surface area contributed by atoms with Gasteiger partial charge in [0, 0.05) is 28.4 Å². The summed E-state index contributed by atoms with van der Waals surface area (Å²) in [5.74, 6) is -4.96. The van der Waals surface area contributed by atoms with Gasteiger partial charge < -0.3 is 5.32 Å². The number of fused-ring (bicyclic) bond motifs is 1. The molecule has 0 bridgehead atoms. The van der Waals surface area contributed by atoms with Crippen molar-refractivity contribution in [1.82, 2.24) is 15.0 Å². The molecule has 5 rings (SSSR count). The Kier molecular flexibility index (Phi) is 8.76. The van der Waals surface area contributed by atoms with Gasteiger partial charge in [-0.05, 0) is 57.9 Å². The van der Waals surface area contributed by atoms with E-state index >= 15 is 8.78 Å². The highest BCUT2D eigenvalue weighted by Gasteiger charge is 2.46. The van der Waals surface area contributed by atoms with Gasteiger partial charge in [0.15, 0.2) is 5.01 Å². The number of amides is 1. The number of benzene rings is 2. The quantitative estimate of drug-likeness (QED) is 0.322. The van der Waals surface area contributed by atoms with E-state index in [0.29, 0.717) is 42.0 Å². The van der Waals surface area contributed by atoms with E-state index < -0.39 is 54.9 Å². The van der Waals surface area contributed by atoms with E-state index in [2.05, 4.69) is 15.0 Å². The van der Waals surface area contributed by atoms with Crippen molar-refractivity contribution in [3.8, 4) is 10.4 Å². The summed E-state index contributed by atoms with van der Waals surface area (Å²) in [5, 5.41) is 3.48. The first kappa shape index (κ1) is 31.9. The van der Waals surface area contributed by atoms with Crippen molar-refractivity contribution in [2.75, 3.05) is 11.5 Å². The first-order valence-corrected chi connectivity index (χ1v) is 18.7. The Morgan fingerprint density at radius 1 is 0.953 bits per heavy atom. The van der Waals surface area contributed by atoms with E-state index in [9.17, 15) is 21.6 Å². The fraction of sp³-hybridized carbons (Fsp3) is 0.533. The van der Waals surface area contributed by atoms with Crippen LogP contribution in [0.1, 0.15) is 81.2 Å². The van der Waals surface area contributed by atoms with E-state index in [4.69, 9.17) is 0 Å². The van der Waals surface area contributed by atoms with Crippen molar-refractivity contribution in [3.63, 3.8) is 0 Å². The molecule has 1 saturated heterocycles. The topological polar surface area (TPSA) is 122 Å². The molecule has 1 saturated carbocycles. The summed E-state index contributed by atoms with van der Waals surface area (Å²) < 4.78 is 85.6. The number of carbonyl (C=O) groups is 1. The molecule has 13 heteroatoms. The lowest BCUT2D eigenvalue weighted by molar-refractivity contribution is -0.0804. The number of rotatable bonds is 7. The summed E-state index contributed by atoms with van der Waals surface area (Å²) in [6.07, 6.45) is 3.46. The average molecular weight is 654 g/mol. The largest absolute Gasteiger partial charge is 0.347 e. The van der Waals surface area contributed by atoms with Gasteiger partial charge >= 0.3 is 0 Å². The number of hydrogen-bond acceptors (Lipinski definition) is 7. The molecule has 2 N–H and O–H groups in total. The second kappa shape index (κ2) is 11.8. The summed E-state index contributed by atoms with van der Waals surface area (Å²) in [5.41, 5.74) is -0.846. The predicted octanol–water partition coefficient (Wildman–Crippen LogP) is 6.02. The van der Waals surface area contributed by atoms with Crippen LogP contribution in [0, 0.1) is 5.92 Å². The van der Waals surface area contributed by atoms with Crippen LogP contribution in [0.3, 0.4) is 0 Å². The van der Waals surface area contributed by atoms with Gasteiger partial charge in [-0.1, -0.05) is 49.6 Å². The molecule has 1 aliphatic heterocycles. The first-order chi connectivity index (χ1) is 20.1. The molecule has 2 aliphatic rings. The zero-order valence-corrected chi connectivity index (χ0v) is 26.9. The normalized spacial score (nSPS) is 19.0. The molecule has 2 fully saturated rings. The van der Waals surface area contributed by atoms with Crippen LogP contribution in [0.25, 0.3) is 21.2 Å². The van der Waals surface area contributed by atoms with E-state index in [1.165, 1.54) is 12.1 Å². The van der Waals surface area contributed by atoms with Crippen LogP contribution in [0.5, 0.6) is 0 Å². The Morgan fingerprint density at radius 2 is 1.58 bits per heavy atom. The minimum absolute atomic E-state index is 0.0251. The Balaban J connectivity index is 1.61. The standard InChI is InChI=1S/C30H37F2N3O5S3/c1-29(2,3)35-43(39,40)24-14-13-23(21-11-7-8-12-22(21)24)25-26(30(31,32)19-9-5-4-6-10-19)34-28(41-25)27(36)33-20-15-17-42(37,38)18-16-20/h7-8,11-14,19-20,35H,4-6,9-10,15-18H2,1-3H3,(H,33,36). The van der Waals surface area contributed by atoms with Gasteiger partial charge in [0.1, 0.15) is 15.5 Å². The van der Waals surface area contributed by atoms with Gasteiger partial charge in [-0.25, -0.2) is 26.5 Å². The maximum Gasteiger partial charge on any atom is 0.293 e. The third-order valence-corrected chi connectivity index (χ3v) is 12.6. The van der Waals surface area contributed by atoms with Gasteiger partial charge in [0.25, 0.3) is 11.8 Å². The molecule has 1 aromatic heterocycles. The van der Waals surface area contributed by atoms with Crippen molar-refractivity contribution >= 4 is 47.9 Å². The Morgan fingerprint density at radius 3 is 2.21 bits per heavy atom. The SMILES string of the molecule is CC(C)(C)NS(=O)(=O)c1ccc(-c2sc(C(=O)NC3CCS(=O)(=O)CC3)nc2C(F)(F)C2CCCCC2)c2ccccc12. The van der Waals surface area contributed by atoms with Crippen LogP contribution in [0.2, 0.25) is 0 Å². The molecule has 43 heavy (non-hydrogen) atoms. The third-order valence-electron chi connectivity index (χ3n) is 8.00. The molecule has 0 unspecified atom stereocenters. The smallest absolute Gasteiger partial charge is 0.293 e. The van der Waals surface area contributed by atoms with Crippen molar-refractivity contribution in [2.24, 2.45) is 5.92 Å². The highest BCUT2D eigenvalue weighted by atomic mass is 32.2. The van der Waals surface area contributed by atoms with Crippen molar-refractivity contribution in [3.05, 3.63) is 47.1 Å². The fourth-order valence-corrected chi connectivity index (χ4v) is 10.1. The molecular formula is C30H37F2N3O5S3. The number of nitrogens with zero attached hydrogens (tertiary/aromatic N) is 1. The number of aromatic nitrogens is 1. The van der Waals surface area contributed by atoms with E-state index in [-0.39, 0.29) is 39.1 Å². The zero-order valence-electron chi connectivity index (χ0n) is 24.5. The Labute approximate surface area is 255 Å². The monoisotopic (exact) mass is 653 g/mol. The predicted molar refractivity (Wildman–Crippen MR) is 165 cm³/mol. The second-order valence-electron chi connectivity index (χ2n) is 12.6. The number of alkyl halides is 2. The number of sulfone groups is 1. The van der Waals surface area contributed by atoms with Crippen LogP contribution in [-0.2, 0) is 25.8 Å². The molecule has 1 aliphatic carbocycles. The van der Waals surface area contributed by atoms with E-state index in [1.54, 1.807) is 45.0 Å². The molecule has 2 heterocycles. The van der Waals surface area contributed by atoms with Gasteiger partial charge in [-0.15, -0.1) is 11.3 Å². The number of sulfonamides is 1. The number of carbonyl (C=O) groups excluding carboxylic acids is 1. The molecule has 0 radical (unpaired) electrons. The zero-order chi connectivity index (χ0) is 31.2. The highest BCUT2D eigenvalue weighted by Crippen LogP contribution is 2.49. The molecular weight excluding hydrogens is 617 g/mol. The van der Waals surface area contributed by atoms with E-state index in [1.807, 2.05) is 0 Å². The lowest BCUT2D eigenvalue weighted by atomic mass is 9.82. The maximum absolute atomic E-state index is 16.3. The molecule has 0 spiro atoms. The molecule has 2 aromatic carbocycles. The minimum atomic E-state index is -3.95. The summed E-state index contributed by atoms with van der Waals surface area (Å²) in [6.45, 7) is 5.20. The Hall–Kier alpha value is -2.48. The van der Waals surface area contributed by atoms with Crippen LogP contribution < -0.4 is 10.0 Å². The molecule has 234 valence electrons. The number of thiazole rings is 1. The summed E-state index contributed by atoms with van der Waals surface area (Å²) in [4.78, 5) is 17.7. The number of halogens is 2. The Bertz CT molecular complexity index is 1730. The minimum Gasteiger partial charge on any atom is -0.347 e. The summed E-state index contributed by atoms with van der Waals surface area (Å²) in [7, 11) is -7.09. The molecule has 3 aromatic rings. The number of nitrogens with one attached hydrogen (secondary N) is 2. The lowest BCUT2D eigenvalue weighted by Gasteiger charge is -2.29. The molecule has 8 nitrogen and oxygen atoms in total.